The first kappa shape index (κ1) is 16.9. The van der Waals surface area contributed by atoms with E-state index in [4.69, 9.17) is 4.74 Å². The lowest BCUT2D eigenvalue weighted by Crippen LogP contribution is -2.42. The Labute approximate surface area is 121 Å². The summed E-state index contributed by atoms with van der Waals surface area (Å²) < 4.78 is 5.20. The number of carbonyl (C=O) groups is 2. The van der Waals surface area contributed by atoms with Gasteiger partial charge in [0, 0.05) is 32.6 Å². The number of carbonyl (C=O) groups excluding carboxylic acids is 2. The van der Waals surface area contributed by atoms with Gasteiger partial charge in [0.25, 0.3) is 0 Å². The Morgan fingerprint density at radius 1 is 1.20 bits per heavy atom. The van der Waals surface area contributed by atoms with Crippen molar-refractivity contribution in [1.82, 2.24) is 15.5 Å². The van der Waals surface area contributed by atoms with Gasteiger partial charge in [-0.1, -0.05) is 13.8 Å². The van der Waals surface area contributed by atoms with E-state index in [0.717, 1.165) is 6.42 Å². The summed E-state index contributed by atoms with van der Waals surface area (Å²) in [5.41, 5.74) is 0. The SMILES string of the molecule is CC(C)CCNC(=O)CNCCC(=O)N1CCOCC1. The molecule has 0 bridgehead atoms. The average Bonchev–Trinajstić information content (AvgIpc) is 2.44. The smallest absolute Gasteiger partial charge is 0.233 e. The second kappa shape index (κ2) is 9.72. The van der Waals surface area contributed by atoms with Gasteiger partial charge in [-0.2, -0.15) is 0 Å². The number of amides is 2. The standard InChI is InChI=1S/C14H27N3O3/c1-12(2)3-6-16-13(18)11-15-5-4-14(19)17-7-9-20-10-8-17/h12,15H,3-11H2,1-2H3,(H,16,18). The predicted octanol–water partition coefficient (Wildman–Crippen LogP) is -0.0128. The van der Waals surface area contributed by atoms with Crippen LogP contribution in [0.25, 0.3) is 0 Å². The Hall–Kier alpha value is -1.14. The first-order chi connectivity index (χ1) is 9.59. The van der Waals surface area contributed by atoms with E-state index < -0.39 is 0 Å². The lowest BCUT2D eigenvalue weighted by atomic mass is 10.1. The van der Waals surface area contributed by atoms with Crippen molar-refractivity contribution in [3.05, 3.63) is 0 Å². The van der Waals surface area contributed by atoms with Crippen molar-refractivity contribution in [3.63, 3.8) is 0 Å². The topological polar surface area (TPSA) is 70.7 Å². The summed E-state index contributed by atoms with van der Waals surface area (Å²) in [6.45, 7) is 8.37. The van der Waals surface area contributed by atoms with Gasteiger partial charge >= 0.3 is 0 Å². The number of rotatable bonds is 8. The van der Waals surface area contributed by atoms with Gasteiger partial charge in [-0.3, -0.25) is 9.59 Å². The first-order valence-electron chi connectivity index (χ1n) is 7.42. The molecule has 116 valence electrons. The summed E-state index contributed by atoms with van der Waals surface area (Å²) in [7, 11) is 0. The number of nitrogens with zero attached hydrogens (tertiary/aromatic N) is 1. The third kappa shape index (κ3) is 7.45. The molecule has 6 nitrogen and oxygen atoms in total. The molecule has 1 saturated heterocycles. The first-order valence-corrected chi connectivity index (χ1v) is 7.42. The Kier molecular flexibility index (Phi) is 8.22. The van der Waals surface area contributed by atoms with E-state index in [1.165, 1.54) is 0 Å². The number of hydrogen-bond acceptors (Lipinski definition) is 4. The van der Waals surface area contributed by atoms with Crippen LogP contribution in [0.2, 0.25) is 0 Å². The zero-order chi connectivity index (χ0) is 14.8. The van der Waals surface area contributed by atoms with E-state index in [1.54, 1.807) is 0 Å². The molecule has 0 radical (unpaired) electrons. The highest BCUT2D eigenvalue weighted by atomic mass is 16.5. The van der Waals surface area contributed by atoms with Crippen molar-refractivity contribution < 1.29 is 14.3 Å². The van der Waals surface area contributed by atoms with Crippen LogP contribution in [0.15, 0.2) is 0 Å². The van der Waals surface area contributed by atoms with E-state index in [0.29, 0.717) is 51.7 Å². The zero-order valence-corrected chi connectivity index (χ0v) is 12.6. The maximum Gasteiger partial charge on any atom is 0.233 e. The molecule has 1 fully saturated rings. The van der Waals surface area contributed by atoms with Gasteiger partial charge in [0.05, 0.1) is 19.8 Å². The van der Waals surface area contributed by atoms with Gasteiger partial charge in [-0.15, -0.1) is 0 Å². The molecule has 0 spiro atoms. The molecule has 2 amide bonds. The molecule has 1 rings (SSSR count). The Morgan fingerprint density at radius 2 is 1.90 bits per heavy atom. The van der Waals surface area contributed by atoms with Crippen LogP contribution >= 0.6 is 0 Å². The van der Waals surface area contributed by atoms with Crippen LogP contribution in [-0.2, 0) is 14.3 Å². The molecule has 1 aliphatic rings. The summed E-state index contributed by atoms with van der Waals surface area (Å²) >= 11 is 0. The minimum atomic E-state index is -0.00975. The Bertz CT molecular complexity index is 302. The molecule has 0 aromatic heterocycles. The van der Waals surface area contributed by atoms with Gasteiger partial charge in [0.2, 0.25) is 11.8 Å². The molecule has 2 N–H and O–H groups in total. The summed E-state index contributed by atoms with van der Waals surface area (Å²) in [5.74, 6) is 0.708. The molecule has 0 aliphatic carbocycles. The quantitative estimate of drug-likeness (QED) is 0.615. The van der Waals surface area contributed by atoms with Crippen molar-refractivity contribution in [2.24, 2.45) is 5.92 Å². The molecule has 0 saturated carbocycles. The van der Waals surface area contributed by atoms with Crippen LogP contribution in [0.1, 0.15) is 26.7 Å². The second-order valence-electron chi connectivity index (χ2n) is 5.45. The lowest BCUT2D eigenvalue weighted by Gasteiger charge is -2.26. The van der Waals surface area contributed by atoms with Crippen molar-refractivity contribution in [2.75, 3.05) is 45.9 Å². The molecular weight excluding hydrogens is 258 g/mol. The molecule has 1 heterocycles. The van der Waals surface area contributed by atoms with Crippen LogP contribution in [0, 0.1) is 5.92 Å². The van der Waals surface area contributed by atoms with E-state index >= 15 is 0 Å². The maximum atomic E-state index is 11.8. The fourth-order valence-corrected chi connectivity index (χ4v) is 1.93. The van der Waals surface area contributed by atoms with Crippen molar-refractivity contribution >= 4 is 11.8 Å². The van der Waals surface area contributed by atoms with Crippen LogP contribution in [-0.4, -0.2) is 62.7 Å². The highest BCUT2D eigenvalue weighted by molar-refractivity contribution is 5.78. The fourth-order valence-electron chi connectivity index (χ4n) is 1.93. The van der Waals surface area contributed by atoms with E-state index in [9.17, 15) is 9.59 Å². The minimum absolute atomic E-state index is 0.00975. The number of ether oxygens (including phenoxy) is 1. The number of morpholine rings is 1. The van der Waals surface area contributed by atoms with Crippen LogP contribution in [0.5, 0.6) is 0 Å². The summed E-state index contributed by atoms with van der Waals surface area (Å²) in [6, 6.07) is 0. The Balaban J connectivity index is 2.00. The van der Waals surface area contributed by atoms with Crippen LogP contribution in [0.4, 0.5) is 0 Å². The van der Waals surface area contributed by atoms with Gasteiger partial charge < -0.3 is 20.3 Å². The maximum absolute atomic E-state index is 11.8. The fraction of sp³-hybridized carbons (Fsp3) is 0.857. The molecule has 0 unspecified atom stereocenters. The Morgan fingerprint density at radius 3 is 2.55 bits per heavy atom. The highest BCUT2D eigenvalue weighted by Gasteiger charge is 2.15. The molecule has 0 atom stereocenters. The molecule has 6 heteroatoms. The van der Waals surface area contributed by atoms with E-state index in [-0.39, 0.29) is 18.4 Å². The van der Waals surface area contributed by atoms with Gasteiger partial charge in [-0.05, 0) is 12.3 Å². The van der Waals surface area contributed by atoms with Crippen LogP contribution < -0.4 is 10.6 Å². The summed E-state index contributed by atoms with van der Waals surface area (Å²) in [6.07, 6.45) is 1.42. The molecule has 0 aromatic rings. The average molecular weight is 285 g/mol. The number of nitrogens with one attached hydrogen (secondary N) is 2. The second-order valence-corrected chi connectivity index (χ2v) is 5.45. The minimum Gasteiger partial charge on any atom is -0.378 e. The third-order valence-corrected chi connectivity index (χ3v) is 3.21. The summed E-state index contributed by atoms with van der Waals surface area (Å²) in [4.78, 5) is 25.1. The molecule has 1 aliphatic heterocycles. The van der Waals surface area contributed by atoms with Crippen molar-refractivity contribution in [2.45, 2.75) is 26.7 Å². The van der Waals surface area contributed by atoms with Gasteiger partial charge in [0.1, 0.15) is 0 Å². The van der Waals surface area contributed by atoms with E-state index in [1.807, 2.05) is 4.90 Å². The van der Waals surface area contributed by atoms with Gasteiger partial charge in [0.15, 0.2) is 0 Å². The van der Waals surface area contributed by atoms with Crippen LogP contribution in [0.3, 0.4) is 0 Å². The molecule has 0 aromatic carbocycles. The van der Waals surface area contributed by atoms with Crippen molar-refractivity contribution in [3.8, 4) is 0 Å². The highest BCUT2D eigenvalue weighted by Crippen LogP contribution is 1.99. The summed E-state index contributed by atoms with van der Waals surface area (Å²) in [5, 5.41) is 5.85. The monoisotopic (exact) mass is 285 g/mol. The lowest BCUT2D eigenvalue weighted by molar-refractivity contribution is -0.135. The largest absolute Gasteiger partial charge is 0.378 e. The van der Waals surface area contributed by atoms with E-state index in [2.05, 4.69) is 24.5 Å². The number of hydrogen-bond donors (Lipinski definition) is 2. The predicted molar refractivity (Wildman–Crippen MR) is 77.4 cm³/mol. The van der Waals surface area contributed by atoms with Gasteiger partial charge in [-0.25, -0.2) is 0 Å². The zero-order valence-electron chi connectivity index (χ0n) is 12.6. The molecular formula is C14H27N3O3. The van der Waals surface area contributed by atoms with Crippen molar-refractivity contribution in [1.29, 1.82) is 0 Å². The third-order valence-electron chi connectivity index (χ3n) is 3.21. The normalized spacial score (nSPS) is 15.4. The molecule has 20 heavy (non-hydrogen) atoms.